The lowest BCUT2D eigenvalue weighted by atomic mass is 9.83. The van der Waals surface area contributed by atoms with Crippen molar-refractivity contribution >= 4 is 17.9 Å². The minimum Gasteiger partial charge on any atom is -0.504 e. The fraction of sp³-hybridized carbons (Fsp3) is 0.320. The van der Waals surface area contributed by atoms with Crippen LogP contribution in [0.25, 0.3) is 0 Å². The van der Waals surface area contributed by atoms with E-state index >= 15 is 0 Å². The molecule has 1 aliphatic heterocycles. The van der Waals surface area contributed by atoms with Gasteiger partial charge in [-0.2, -0.15) is 0 Å². The Hall–Kier alpha value is -3.21. The van der Waals surface area contributed by atoms with Crippen molar-refractivity contribution in [2.24, 2.45) is 4.99 Å². The fourth-order valence-corrected chi connectivity index (χ4v) is 4.10. The highest BCUT2D eigenvalue weighted by atomic mass is 16.3. The Morgan fingerprint density at radius 2 is 1.67 bits per heavy atom. The van der Waals surface area contributed by atoms with E-state index in [4.69, 9.17) is 0 Å². The topological polar surface area (TPSA) is 70.0 Å². The van der Waals surface area contributed by atoms with E-state index in [1.807, 2.05) is 36.4 Å². The second-order valence-electron chi connectivity index (χ2n) is 7.57. The summed E-state index contributed by atoms with van der Waals surface area (Å²) in [5.74, 6) is -1.39. The predicted molar refractivity (Wildman–Crippen MR) is 119 cm³/mol. The molecule has 1 heterocycles. The van der Waals surface area contributed by atoms with Crippen LogP contribution in [-0.2, 0) is 9.59 Å². The van der Waals surface area contributed by atoms with Gasteiger partial charge in [-0.1, -0.05) is 60.7 Å². The minimum absolute atomic E-state index is 0.0376. The molecule has 1 unspecified atom stereocenters. The van der Waals surface area contributed by atoms with Gasteiger partial charge < -0.3 is 10.0 Å². The van der Waals surface area contributed by atoms with Crippen LogP contribution in [0.5, 0.6) is 0 Å². The first-order valence-electron chi connectivity index (χ1n) is 10.4. The quantitative estimate of drug-likeness (QED) is 0.425. The Bertz CT molecular complexity index is 867. The lowest BCUT2D eigenvalue weighted by Crippen LogP contribution is -2.44. The van der Waals surface area contributed by atoms with Crippen molar-refractivity contribution in [1.82, 2.24) is 4.90 Å². The van der Waals surface area contributed by atoms with Gasteiger partial charge in [-0.25, -0.2) is 0 Å². The first-order chi connectivity index (χ1) is 14.6. The minimum atomic E-state index is -0.661. The van der Waals surface area contributed by atoms with E-state index in [0.29, 0.717) is 6.54 Å². The number of nitrogens with zero attached hydrogens (tertiary/aromatic N) is 2. The third kappa shape index (κ3) is 5.44. The average Bonchev–Trinajstić information content (AvgIpc) is 2.79. The van der Waals surface area contributed by atoms with Gasteiger partial charge in [-0.15, -0.1) is 0 Å². The maximum atomic E-state index is 12.9. The molecule has 1 amide bonds. The number of Topliss-reactive ketones (excluding diaryl/α,β-unsaturated/α-hetero) is 1. The van der Waals surface area contributed by atoms with Gasteiger partial charge in [-0.05, 0) is 36.8 Å². The van der Waals surface area contributed by atoms with Gasteiger partial charge in [0, 0.05) is 31.6 Å². The summed E-state index contributed by atoms with van der Waals surface area (Å²) in [5.41, 5.74) is 2.43. The van der Waals surface area contributed by atoms with Crippen molar-refractivity contribution in [3.63, 3.8) is 0 Å². The highest BCUT2D eigenvalue weighted by Crippen LogP contribution is 2.33. The van der Waals surface area contributed by atoms with Crippen LogP contribution in [-0.4, -0.2) is 47.5 Å². The van der Waals surface area contributed by atoms with Crippen LogP contribution in [0.3, 0.4) is 0 Å². The lowest BCUT2D eigenvalue weighted by molar-refractivity contribution is -0.130. The first-order valence-corrected chi connectivity index (χ1v) is 10.4. The van der Waals surface area contributed by atoms with Gasteiger partial charge >= 0.3 is 0 Å². The summed E-state index contributed by atoms with van der Waals surface area (Å²) in [4.78, 5) is 30.0. The zero-order valence-electron chi connectivity index (χ0n) is 17.3. The fourth-order valence-electron chi connectivity index (χ4n) is 4.10. The molecule has 5 heteroatoms. The van der Waals surface area contributed by atoms with Gasteiger partial charge in [0.15, 0.2) is 5.76 Å². The van der Waals surface area contributed by atoms with E-state index < -0.39 is 11.5 Å². The van der Waals surface area contributed by atoms with Crippen LogP contribution >= 0.6 is 0 Å². The summed E-state index contributed by atoms with van der Waals surface area (Å²) >= 11 is 0. The van der Waals surface area contributed by atoms with E-state index in [1.165, 1.54) is 18.2 Å². The molecule has 5 nitrogen and oxygen atoms in total. The largest absolute Gasteiger partial charge is 0.504 e. The maximum absolute atomic E-state index is 12.9. The van der Waals surface area contributed by atoms with Crippen LogP contribution in [0.2, 0.25) is 0 Å². The molecule has 1 aliphatic rings. The van der Waals surface area contributed by atoms with Crippen molar-refractivity contribution < 1.29 is 14.7 Å². The third-order valence-electron chi connectivity index (χ3n) is 5.58. The third-order valence-corrected chi connectivity index (χ3v) is 5.58. The Labute approximate surface area is 177 Å². The number of piperidine rings is 1. The van der Waals surface area contributed by atoms with Crippen molar-refractivity contribution in [1.29, 1.82) is 0 Å². The summed E-state index contributed by atoms with van der Waals surface area (Å²) in [5, 5.41) is 9.95. The van der Waals surface area contributed by atoms with Gasteiger partial charge in [0.2, 0.25) is 5.78 Å². The zero-order valence-corrected chi connectivity index (χ0v) is 17.3. The highest BCUT2D eigenvalue weighted by molar-refractivity contribution is 6.34. The molecule has 1 saturated heterocycles. The Kier molecular flexibility index (Phi) is 7.55. The number of benzene rings is 2. The van der Waals surface area contributed by atoms with E-state index in [-0.39, 0.29) is 17.9 Å². The van der Waals surface area contributed by atoms with E-state index in [1.54, 1.807) is 4.90 Å². The van der Waals surface area contributed by atoms with Crippen LogP contribution in [0.4, 0.5) is 0 Å². The van der Waals surface area contributed by atoms with Crippen molar-refractivity contribution in [3.05, 3.63) is 83.6 Å². The molecule has 30 heavy (non-hydrogen) atoms. The van der Waals surface area contributed by atoms with Gasteiger partial charge in [-0.3, -0.25) is 14.6 Å². The molecule has 156 valence electrons. The van der Waals surface area contributed by atoms with E-state index in [0.717, 1.165) is 38.0 Å². The number of allylic oxidation sites excluding steroid dienone is 1. The van der Waals surface area contributed by atoms with Gasteiger partial charge in [0.1, 0.15) is 0 Å². The SMILES string of the molecule is C/N=C\C(=O)/C(O)=C/C(=O)N1CCCCC1CC(c1ccccc1)c1ccccc1. The number of likely N-dealkylation sites (tertiary alicyclic amines) is 1. The van der Waals surface area contributed by atoms with Gasteiger partial charge in [0.25, 0.3) is 5.91 Å². The maximum Gasteiger partial charge on any atom is 0.250 e. The molecule has 0 radical (unpaired) electrons. The first kappa shape index (κ1) is 21.5. The summed E-state index contributed by atoms with van der Waals surface area (Å²) in [7, 11) is 1.45. The molecule has 3 rings (SSSR count). The molecule has 1 atom stereocenters. The Balaban J connectivity index is 1.84. The molecule has 1 N–H and O–H groups in total. The number of aliphatic hydroxyl groups excluding tert-OH is 1. The molecule has 0 aromatic heterocycles. The van der Waals surface area contributed by atoms with Crippen LogP contribution in [0.1, 0.15) is 42.7 Å². The number of amides is 1. The monoisotopic (exact) mass is 404 g/mol. The van der Waals surface area contributed by atoms with E-state index in [2.05, 4.69) is 29.3 Å². The summed E-state index contributed by atoms with van der Waals surface area (Å²) in [6.45, 7) is 0.625. The molecule has 2 aromatic rings. The molecule has 0 aliphatic carbocycles. The summed E-state index contributed by atoms with van der Waals surface area (Å²) in [6, 6.07) is 20.7. The number of hydrogen-bond donors (Lipinski definition) is 1. The standard InChI is InChI=1S/C25H28N2O3/c1-26-18-24(29)23(28)17-25(30)27-15-9-8-14-21(27)16-22(19-10-4-2-5-11-19)20-12-6-3-7-13-20/h2-7,10-13,17-18,21-22,28H,8-9,14-16H2,1H3/b23-17-,26-18-. The number of hydrogen-bond acceptors (Lipinski definition) is 4. The second kappa shape index (κ2) is 10.5. The van der Waals surface area contributed by atoms with Crippen LogP contribution in [0, 0.1) is 0 Å². The molecule has 0 spiro atoms. The average molecular weight is 405 g/mol. The molecular weight excluding hydrogens is 376 g/mol. The number of ketones is 1. The molecule has 0 bridgehead atoms. The smallest absolute Gasteiger partial charge is 0.250 e. The Morgan fingerprint density at radius 3 is 2.23 bits per heavy atom. The van der Waals surface area contributed by atoms with Gasteiger partial charge in [0.05, 0.1) is 6.21 Å². The number of aliphatic hydroxyl groups is 1. The zero-order chi connectivity index (χ0) is 21.3. The van der Waals surface area contributed by atoms with Crippen molar-refractivity contribution in [2.75, 3.05) is 13.6 Å². The second-order valence-corrected chi connectivity index (χ2v) is 7.57. The number of aliphatic imine (C=N–C) groups is 1. The Morgan fingerprint density at radius 1 is 1.07 bits per heavy atom. The normalized spacial score (nSPS) is 17.5. The van der Waals surface area contributed by atoms with Crippen molar-refractivity contribution in [3.8, 4) is 0 Å². The predicted octanol–water partition coefficient (Wildman–Crippen LogP) is 4.30. The van der Waals surface area contributed by atoms with Crippen LogP contribution in [0.15, 0.2) is 77.5 Å². The lowest BCUT2D eigenvalue weighted by Gasteiger charge is -2.37. The summed E-state index contributed by atoms with van der Waals surface area (Å²) < 4.78 is 0. The molecule has 1 fully saturated rings. The molecular formula is C25H28N2O3. The van der Waals surface area contributed by atoms with Crippen molar-refractivity contribution in [2.45, 2.75) is 37.6 Å². The van der Waals surface area contributed by atoms with E-state index in [9.17, 15) is 14.7 Å². The summed E-state index contributed by atoms with van der Waals surface area (Å²) in [6.07, 6.45) is 5.71. The molecule has 0 saturated carbocycles. The van der Waals surface area contributed by atoms with Crippen LogP contribution < -0.4 is 0 Å². The number of rotatable bonds is 7. The highest BCUT2D eigenvalue weighted by Gasteiger charge is 2.29. The number of carbonyl (C=O) groups is 2. The molecule has 2 aromatic carbocycles. The number of carbonyl (C=O) groups excluding carboxylic acids is 2.